The molecule has 0 aromatic heterocycles. The predicted molar refractivity (Wildman–Crippen MR) is 391 cm³/mol. The Morgan fingerprint density at radius 3 is 0.792 bits per heavy atom. The molecule has 0 aromatic carbocycles. The lowest BCUT2D eigenvalue weighted by atomic mass is 9.99. The Balaban J connectivity index is 5.22. The molecule has 7 atom stereocenters. The van der Waals surface area contributed by atoms with E-state index in [0.29, 0.717) is 25.7 Å². The Bertz CT molecular complexity index is 1870. The smallest absolute Gasteiger partial charge is 0.462 e. The lowest BCUT2D eigenvalue weighted by Crippen LogP contribution is -2.30. The number of aliphatic hydroxyl groups is 1. The highest BCUT2D eigenvalue weighted by Crippen LogP contribution is 2.45. The number of ether oxygens (including phenoxy) is 4. The van der Waals surface area contributed by atoms with E-state index in [1.54, 1.807) is 0 Å². The molecule has 0 aromatic rings. The Kier molecular flexibility index (Phi) is 66.2. The summed E-state index contributed by atoms with van der Waals surface area (Å²) in [4.78, 5) is 72.8. The van der Waals surface area contributed by atoms with E-state index >= 15 is 0 Å². The summed E-state index contributed by atoms with van der Waals surface area (Å²) < 4.78 is 68.5. The summed E-state index contributed by atoms with van der Waals surface area (Å²) in [5, 5.41) is 10.6. The normalized spacial score (nSPS) is 14.6. The molecule has 19 heteroatoms. The standard InChI is InChI=1S/C77H150O17P2/c1-8-11-12-13-14-27-37-44-51-58-74(79)87-64-73(94-77(82)61-54-47-40-33-32-34-41-48-55-68(4)5)67-92-96(85,86)90-63-71(78)62-89-95(83,84)91-66-72(93-76(81)60-53-46-39-31-26-22-18-16-20-24-29-36-43-50-57-70(7)10-3)65-88-75(80)59-52-45-38-30-25-21-17-15-19-23-28-35-42-49-56-69(6)9-2/h68-73,78H,8-67H2,1-7H3,(H,83,84)(H,85,86)/t69?,70?,71-,72-,73-/m1/s1. The molecule has 0 amide bonds. The van der Waals surface area contributed by atoms with Crippen LogP contribution in [0.25, 0.3) is 0 Å². The number of unbranched alkanes of at least 4 members (excludes halogenated alkanes) is 41. The summed E-state index contributed by atoms with van der Waals surface area (Å²) >= 11 is 0. The van der Waals surface area contributed by atoms with Gasteiger partial charge >= 0.3 is 39.5 Å². The lowest BCUT2D eigenvalue weighted by Gasteiger charge is -2.21. The number of hydrogen-bond acceptors (Lipinski definition) is 15. The highest BCUT2D eigenvalue weighted by atomic mass is 31.2. The fourth-order valence-electron chi connectivity index (χ4n) is 11.7. The molecule has 0 heterocycles. The van der Waals surface area contributed by atoms with Crippen molar-refractivity contribution in [2.75, 3.05) is 39.6 Å². The van der Waals surface area contributed by atoms with Gasteiger partial charge in [0.05, 0.1) is 26.4 Å². The van der Waals surface area contributed by atoms with Gasteiger partial charge in [0, 0.05) is 25.7 Å². The summed E-state index contributed by atoms with van der Waals surface area (Å²) in [6, 6.07) is 0. The Morgan fingerprint density at radius 2 is 0.531 bits per heavy atom. The Hall–Kier alpha value is -1.94. The molecule has 0 fully saturated rings. The van der Waals surface area contributed by atoms with E-state index in [1.165, 1.54) is 205 Å². The van der Waals surface area contributed by atoms with Crippen LogP contribution in [0.2, 0.25) is 0 Å². The first kappa shape index (κ1) is 94.1. The first-order chi connectivity index (χ1) is 46.3. The number of carbonyl (C=O) groups is 4. The number of carbonyl (C=O) groups excluding carboxylic acids is 4. The van der Waals surface area contributed by atoms with Gasteiger partial charge in [-0.05, 0) is 43.4 Å². The molecule has 0 rings (SSSR count). The monoisotopic (exact) mass is 1410 g/mol. The van der Waals surface area contributed by atoms with Crippen molar-refractivity contribution in [2.24, 2.45) is 17.8 Å². The highest BCUT2D eigenvalue weighted by Gasteiger charge is 2.30. The first-order valence-electron chi connectivity index (χ1n) is 39.9. The van der Waals surface area contributed by atoms with E-state index < -0.39 is 97.5 Å². The van der Waals surface area contributed by atoms with Gasteiger partial charge in [-0.2, -0.15) is 0 Å². The zero-order chi connectivity index (χ0) is 70.9. The van der Waals surface area contributed by atoms with Crippen molar-refractivity contribution < 1.29 is 80.2 Å². The molecule has 570 valence electrons. The predicted octanol–water partition coefficient (Wildman–Crippen LogP) is 22.6. The summed E-state index contributed by atoms with van der Waals surface area (Å²) in [5.41, 5.74) is 0. The second-order valence-corrected chi connectivity index (χ2v) is 31.6. The molecule has 0 bridgehead atoms. The van der Waals surface area contributed by atoms with Crippen molar-refractivity contribution >= 4 is 39.5 Å². The Morgan fingerprint density at radius 1 is 0.302 bits per heavy atom. The van der Waals surface area contributed by atoms with E-state index in [2.05, 4.69) is 48.5 Å². The van der Waals surface area contributed by atoms with Gasteiger partial charge in [0.2, 0.25) is 0 Å². The highest BCUT2D eigenvalue weighted by molar-refractivity contribution is 7.47. The minimum absolute atomic E-state index is 0.104. The van der Waals surface area contributed by atoms with Crippen LogP contribution in [0.4, 0.5) is 0 Å². The molecule has 0 aliphatic rings. The third-order valence-corrected chi connectivity index (χ3v) is 20.5. The molecule has 3 N–H and O–H groups in total. The number of hydrogen-bond donors (Lipinski definition) is 3. The first-order valence-corrected chi connectivity index (χ1v) is 42.9. The maximum atomic E-state index is 13.1. The molecule has 0 spiro atoms. The van der Waals surface area contributed by atoms with Gasteiger partial charge in [-0.1, -0.05) is 344 Å². The lowest BCUT2D eigenvalue weighted by molar-refractivity contribution is -0.161. The van der Waals surface area contributed by atoms with E-state index in [0.717, 1.165) is 108 Å². The van der Waals surface area contributed by atoms with Crippen LogP contribution >= 0.6 is 15.6 Å². The SMILES string of the molecule is CCCCCCCCCCCC(=O)OC[C@H](COP(=O)(O)OC[C@H](O)COP(=O)(O)OC[C@@H](COC(=O)CCCCCCCCCCCCCCCCC(C)CC)OC(=O)CCCCCCCCCCCCCCCCC(C)CC)OC(=O)CCCCCCCCCCC(C)C. The van der Waals surface area contributed by atoms with Gasteiger partial charge in [0.25, 0.3) is 0 Å². The van der Waals surface area contributed by atoms with Gasteiger partial charge in [0.15, 0.2) is 12.2 Å². The average Bonchev–Trinajstić information content (AvgIpc) is 1.18. The van der Waals surface area contributed by atoms with Crippen LogP contribution < -0.4 is 0 Å². The molecule has 17 nitrogen and oxygen atoms in total. The molecule has 0 aliphatic carbocycles. The quantitative estimate of drug-likeness (QED) is 0.0222. The fraction of sp³-hybridized carbons (Fsp3) is 0.948. The van der Waals surface area contributed by atoms with Gasteiger partial charge < -0.3 is 33.8 Å². The van der Waals surface area contributed by atoms with Crippen LogP contribution in [0, 0.1) is 17.8 Å². The molecular weight excluding hydrogens is 1260 g/mol. The second-order valence-electron chi connectivity index (χ2n) is 28.7. The molecule has 0 saturated heterocycles. The van der Waals surface area contributed by atoms with Crippen LogP contribution in [0.1, 0.15) is 395 Å². The zero-order valence-corrected chi connectivity index (χ0v) is 64.6. The number of phosphoric ester groups is 2. The van der Waals surface area contributed by atoms with Crippen LogP contribution in [0.15, 0.2) is 0 Å². The van der Waals surface area contributed by atoms with Crippen molar-refractivity contribution in [3.8, 4) is 0 Å². The van der Waals surface area contributed by atoms with Crippen molar-refractivity contribution in [1.82, 2.24) is 0 Å². The van der Waals surface area contributed by atoms with E-state index in [9.17, 15) is 43.2 Å². The molecule has 0 aliphatic heterocycles. The van der Waals surface area contributed by atoms with Gasteiger partial charge in [-0.25, -0.2) is 9.13 Å². The van der Waals surface area contributed by atoms with Gasteiger partial charge in [-0.3, -0.25) is 37.3 Å². The number of rotatable bonds is 75. The molecule has 4 unspecified atom stereocenters. The summed E-state index contributed by atoms with van der Waals surface area (Å²) in [6.45, 7) is 12.0. The minimum Gasteiger partial charge on any atom is -0.462 e. The van der Waals surface area contributed by atoms with Gasteiger partial charge in [0.1, 0.15) is 19.3 Å². The van der Waals surface area contributed by atoms with E-state index in [-0.39, 0.29) is 25.7 Å². The van der Waals surface area contributed by atoms with Crippen molar-refractivity contribution in [2.45, 2.75) is 414 Å². The van der Waals surface area contributed by atoms with E-state index in [1.807, 2.05) is 0 Å². The summed E-state index contributed by atoms with van der Waals surface area (Å²) in [5.74, 6) is 0.295. The minimum atomic E-state index is -4.96. The largest absolute Gasteiger partial charge is 0.472 e. The topological polar surface area (TPSA) is 237 Å². The molecule has 0 radical (unpaired) electrons. The zero-order valence-electron chi connectivity index (χ0n) is 62.8. The number of phosphoric acid groups is 2. The third-order valence-electron chi connectivity index (χ3n) is 18.6. The summed E-state index contributed by atoms with van der Waals surface area (Å²) in [6.07, 6.45) is 54.0. The molecular formula is C77H150O17P2. The van der Waals surface area contributed by atoms with Crippen molar-refractivity contribution in [3.05, 3.63) is 0 Å². The average molecular weight is 1410 g/mol. The van der Waals surface area contributed by atoms with Crippen LogP contribution in [0.5, 0.6) is 0 Å². The molecule has 0 saturated carbocycles. The van der Waals surface area contributed by atoms with Crippen LogP contribution in [-0.2, 0) is 65.4 Å². The summed E-state index contributed by atoms with van der Waals surface area (Å²) in [7, 11) is -9.91. The second kappa shape index (κ2) is 67.5. The maximum absolute atomic E-state index is 13.1. The van der Waals surface area contributed by atoms with Crippen LogP contribution in [0.3, 0.4) is 0 Å². The van der Waals surface area contributed by atoms with E-state index in [4.69, 9.17) is 37.0 Å². The maximum Gasteiger partial charge on any atom is 0.472 e. The fourth-order valence-corrected chi connectivity index (χ4v) is 13.3. The van der Waals surface area contributed by atoms with Crippen molar-refractivity contribution in [3.63, 3.8) is 0 Å². The number of aliphatic hydroxyl groups excluding tert-OH is 1. The third kappa shape index (κ3) is 67.9. The molecule has 96 heavy (non-hydrogen) atoms. The number of esters is 4. The Labute approximate surface area is 588 Å². The van der Waals surface area contributed by atoms with Crippen LogP contribution in [-0.4, -0.2) is 96.7 Å². The van der Waals surface area contributed by atoms with Gasteiger partial charge in [-0.15, -0.1) is 0 Å². The van der Waals surface area contributed by atoms with Crippen molar-refractivity contribution in [1.29, 1.82) is 0 Å².